The molecule has 0 spiro atoms. The lowest BCUT2D eigenvalue weighted by molar-refractivity contribution is 0.505. The Balaban J connectivity index is 2.45. The summed E-state index contributed by atoms with van der Waals surface area (Å²) < 4.78 is 2.33. The largest absolute Gasteiger partial charge is 0.330 e. The van der Waals surface area contributed by atoms with Crippen LogP contribution in [0.25, 0.3) is 10.2 Å². The molecule has 4 heteroatoms. The van der Waals surface area contributed by atoms with E-state index in [9.17, 15) is 0 Å². The quantitative estimate of drug-likeness (QED) is 0.937. The fourth-order valence-electron chi connectivity index (χ4n) is 1.73. The van der Waals surface area contributed by atoms with Crippen LogP contribution in [0, 0.1) is 5.92 Å². The van der Waals surface area contributed by atoms with Crippen molar-refractivity contribution in [3.05, 3.63) is 27.7 Å². The lowest BCUT2D eigenvalue weighted by Gasteiger charge is -2.15. The van der Waals surface area contributed by atoms with E-state index in [-0.39, 0.29) is 0 Å². The van der Waals surface area contributed by atoms with Crippen molar-refractivity contribution in [2.45, 2.75) is 19.8 Å². The van der Waals surface area contributed by atoms with Crippen molar-refractivity contribution in [2.75, 3.05) is 6.54 Å². The van der Waals surface area contributed by atoms with E-state index in [1.54, 1.807) is 11.3 Å². The molecule has 86 valence electrons. The standard InChI is InChI=1S/C12H15BrN2S/c1-7(2)9(6-14)12-15-10-4-3-8(13)5-11(10)16-12/h3-5,7,9H,6,14H2,1-2H3. The number of halogens is 1. The molecule has 2 rings (SSSR count). The molecule has 0 bridgehead atoms. The van der Waals surface area contributed by atoms with Crippen LogP contribution in [0.2, 0.25) is 0 Å². The fourth-order valence-corrected chi connectivity index (χ4v) is 3.54. The van der Waals surface area contributed by atoms with E-state index in [1.807, 2.05) is 12.1 Å². The molecule has 0 aliphatic heterocycles. The Bertz CT molecular complexity index is 493. The molecule has 1 heterocycles. The third kappa shape index (κ3) is 2.29. The molecular formula is C12H15BrN2S. The number of rotatable bonds is 3. The van der Waals surface area contributed by atoms with Crippen LogP contribution < -0.4 is 5.73 Å². The molecule has 0 radical (unpaired) electrons. The van der Waals surface area contributed by atoms with Gasteiger partial charge in [0.15, 0.2) is 0 Å². The van der Waals surface area contributed by atoms with Crippen LogP contribution in [0.4, 0.5) is 0 Å². The second-order valence-corrected chi connectivity index (χ2v) is 6.23. The normalized spacial score (nSPS) is 13.6. The van der Waals surface area contributed by atoms with Crippen LogP contribution >= 0.6 is 27.3 Å². The van der Waals surface area contributed by atoms with E-state index >= 15 is 0 Å². The zero-order valence-corrected chi connectivity index (χ0v) is 11.8. The molecule has 2 aromatic rings. The van der Waals surface area contributed by atoms with Crippen molar-refractivity contribution >= 4 is 37.5 Å². The second-order valence-electron chi connectivity index (χ2n) is 4.25. The molecule has 1 aromatic carbocycles. The van der Waals surface area contributed by atoms with Crippen LogP contribution in [0.15, 0.2) is 22.7 Å². The monoisotopic (exact) mass is 298 g/mol. The lowest BCUT2D eigenvalue weighted by atomic mass is 9.97. The smallest absolute Gasteiger partial charge is 0.0984 e. The van der Waals surface area contributed by atoms with Gasteiger partial charge in [0.1, 0.15) is 0 Å². The highest BCUT2D eigenvalue weighted by Crippen LogP contribution is 2.32. The van der Waals surface area contributed by atoms with E-state index in [0.29, 0.717) is 18.4 Å². The van der Waals surface area contributed by atoms with Gasteiger partial charge in [-0.1, -0.05) is 29.8 Å². The zero-order valence-electron chi connectivity index (χ0n) is 9.40. The molecule has 0 aliphatic rings. The van der Waals surface area contributed by atoms with Crippen molar-refractivity contribution in [3.8, 4) is 0 Å². The summed E-state index contributed by atoms with van der Waals surface area (Å²) in [6.45, 7) is 5.05. The maximum atomic E-state index is 5.81. The van der Waals surface area contributed by atoms with Crippen molar-refractivity contribution in [1.29, 1.82) is 0 Å². The molecule has 0 aliphatic carbocycles. The lowest BCUT2D eigenvalue weighted by Crippen LogP contribution is -2.17. The first-order chi connectivity index (χ1) is 7.61. The molecule has 1 atom stereocenters. The molecule has 2 N–H and O–H groups in total. The highest BCUT2D eigenvalue weighted by Gasteiger charge is 2.18. The Morgan fingerprint density at radius 3 is 2.81 bits per heavy atom. The predicted octanol–water partition coefficient (Wildman–Crippen LogP) is 3.76. The van der Waals surface area contributed by atoms with Crippen LogP contribution in [0.1, 0.15) is 24.8 Å². The van der Waals surface area contributed by atoms with Gasteiger partial charge in [-0.2, -0.15) is 0 Å². The Hall–Kier alpha value is -0.450. The molecule has 1 unspecified atom stereocenters. The minimum absolute atomic E-state index is 0.371. The van der Waals surface area contributed by atoms with Gasteiger partial charge < -0.3 is 5.73 Å². The van der Waals surface area contributed by atoms with Gasteiger partial charge in [0, 0.05) is 16.9 Å². The minimum atomic E-state index is 0.371. The Kier molecular flexibility index (Phi) is 3.62. The summed E-state index contributed by atoms with van der Waals surface area (Å²) in [4.78, 5) is 4.66. The summed E-state index contributed by atoms with van der Waals surface area (Å²) in [5.74, 6) is 0.908. The number of nitrogens with zero attached hydrogens (tertiary/aromatic N) is 1. The highest BCUT2D eigenvalue weighted by atomic mass is 79.9. The molecule has 0 saturated carbocycles. The van der Waals surface area contributed by atoms with E-state index in [2.05, 4.69) is 40.8 Å². The molecule has 16 heavy (non-hydrogen) atoms. The van der Waals surface area contributed by atoms with E-state index in [4.69, 9.17) is 5.73 Å². The number of hydrogen-bond donors (Lipinski definition) is 1. The molecule has 0 saturated heterocycles. The van der Waals surface area contributed by atoms with Crippen molar-refractivity contribution < 1.29 is 0 Å². The van der Waals surface area contributed by atoms with Crippen LogP contribution in [0.3, 0.4) is 0 Å². The summed E-state index contributed by atoms with van der Waals surface area (Å²) in [5.41, 5.74) is 6.89. The van der Waals surface area contributed by atoms with E-state index in [0.717, 1.165) is 15.0 Å². The third-order valence-corrected chi connectivity index (χ3v) is 4.39. The van der Waals surface area contributed by atoms with Gasteiger partial charge in [0.2, 0.25) is 0 Å². The number of aromatic nitrogens is 1. The van der Waals surface area contributed by atoms with Gasteiger partial charge in [0.05, 0.1) is 15.2 Å². The van der Waals surface area contributed by atoms with Gasteiger partial charge >= 0.3 is 0 Å². The maximum absolute atomic E-state index is 5.81. The van der Waals surface area contributed by atoms with Gasteiger partial charge in [0.25, 0.3) is 0 Å². The van der Waals surface area contributed by atoms with Crippen LogP contribution in [0.5, 0.6) is 0 Å². The summed E-state index contributed by atoms with van der Waals surface area (Å²) in [6, 6.07) is 6.19. The Labute approximate surface area is 108 Å². The minimum Gasteiger partial charge on any atom is -0.330 e. The molecule has 2 nitrogen and oxygen atoms in total. The first-order valence-corrected chi connectivity index (χ1v) is 6.99. The number of benzene rings is 1. The van der Waals surface area contributed by atoms with E-state index in [1.165, 1.54) is 4.70 Å². The average molecular weight is 299 g/mol. The number of nitrogens with two attached hydrogens (primary N) is 1. The Morgan fingerprint density at radius 1 is 1.44 bits per heavy atom. The number of fused-ring (bicyclic) bond motifs is 1. The number of hydrogen-bond acceptors (Lipinski definition) is 3. The maximum Gasteiger partial charge on any atom is 0.0984 e. The average Bonchev–Trinajstić information content (AvgIpc) is 2.60. The summed E-state index contributed by atoms with van der Waals surface area (Å²) in [5, 5.41) is 1.16. The van der Waals surface area contributed by atoms with Gasteiger partial charge in [-0.3, -0.25) is 0 Å². The Morgan fingerprint density at radius 2 is 2.19 bits per heavy atom. The van der Waals surface area contributed by atoms with Crippen molar-refractivity contribution in [1.82, 2.24) is 4.98 Å². The zero-order chi connectivity index (χ0) is 11.7. The topological polar surface area (TPSA) is 38.9 Å². The summed E-state index contributed by atoms with van der Waals surface area (Å²) in [6.07, 6.45) is 0. The SMILES string of the molecule is CC(C)C(CN)c1nc2ccc(Br)cc2s1. The fraction of sp³-hybridized carbons (Fsp3) is 0.417. The predicted molar refractivity (Wildman–Crippen MR) is 74.0 cm³/mol. The van der Waals surface area contributed by atoms with E-state index < -0.39 is 0 Å². The second kappa shape index (κ2) is 4.82. The third-order valence-electron chi connectivity index (χ3n) is 2.74. The first kappa shape index (κ1) is 12.0. The number of thiazole rings is 1. The first-order valence-electron chi connectivity index (χ1n) is 5.38. The van der Waals surface area contributed by atoms with Crippen molar-refractivity contribution in [2.24, 2.45) is 11.7 Å². The molecule has 0 fully saturated rings. The van der Waals surface area contributed by atoms with Crippen LogP contribution in [-0.2, 0) is 0 Å². The molecule has 1 aromatic heterocycles. The van der Waals surface area contributed by atoms with Gasteiger partial charge in [-0.15, -0.1) is 11.3 Å². The molecule has 0 amide bonds. The summed E-state index contributed by atoms with van der Waals surface area (Å²) in [7, 11) is 0. The van der Waals surface area contributed by atoms with Crippen LogP contribution in [-0.4, -0.2) is 11.5 Å². The van der Waals surface area contributed by atoms with Gasteiger partial charge in [-0.25, -0.2) is 4.98 Å². The molecular weight excluding hydrogens is 284 g/mol. The summed E-state index contributed by atoms with van der Waals surface area (Å²) >= 11 is 5.23. The highest BCUT2D eigenvalue weighted by molar-refractivity contribution is 9.10. The van der Waals surface area contributed by atoms with Gasteiger partial charge in [-0.05, 0) is 24.1 Å². The van der Waals surface area contributed by atoms with Crippen molar-refractivity contribution in [3.63, 3.8) is 0 Å².